The summed E-state index contributed by atoms with van der Waals surface area (Å²) in [5, 5.41) is 0. The van der Waals surface area contributed by atoms with Crippen LogP contribution >= 0.6 is 19.3 Å². The van der Waals surface area contributed by atoms with E-state index in [0.717, 1.165) is 66.1 Å². The Kier molecular flexibility index (Phi) is 19.0. The van der Waals surface area contributed by atoms with Crippen molar-refractivity contribution in [2.24, 2.45) is 0 Å². The summed E-state index contributed by atoms with van der Waals surface area (Å²) in [6.45, 7) is 8.33. The van der Waals surface area contributed by atoms with Gasteiger partial charge < -0.3 is 23.7 Å². The van der Waals surface area contributed by atoms with Gasteiger partial charge in [0.15, 0.2) is 0 Å². The predicted molar refractivity (Wildman–Crippen MR) is 77.2 cm³/mol. The molecule has 107 valence electrons. The summed E-state index contributed by atoms with van der Waals surface area (Å²) in [6, 6.07) is 0. The molecule has 1 aliphatic heterocycles. The fraction of sp³-hybridized carbons (Fsp3) is 1.00. The molecule has 1 rings (SSSR count). The Balaban J connectivity index is 0.000000873. The normalized spacial score (nSPS) is 20.8. The SMILES string of the molecule is C1C[OH+]CC[OH+]CC[OH+]CC[OH+]CC[OH+]1.[Cl][Ga][Cl]. The van der Waals surface area contributed by atoms with E-state index in [9.17, 15) is 0 Å². The van der Waals surface area contributed by atoms with Gasteiger partial charge in [-0.05, 0) is 0 Å². The summed E-state index contributed by atoms with van der Waals surface area (Å²) in [5.41, 5.74) is 0. The molecule has 0 aromatic rings. The standard InChI is InChI=1S/C10H20O5.2ClH.Ga/c1-2-12-5-6-14-9-10-15-8-7-13-4-3-11-1;;;/h1-10H2;2*1H;/q;;;+2/p+3. The van der Waals surface area contributed by atoms with Crippen LogP contribution in [0.3, 0.4) is 0 Å². The first-order valence-electron chi connectivity index (χ1n) is 6.10. The fourth-order valence-corrected chi connectivity index (χ4v) is 1.27. The Morgan fingerprint density at radius 1 is 0.444 bits per heavy atom. The van der Waals surface area contributed by atoms with Gasteiger partial charge in [0, 0.05) is 0 Å². The first-order valence-corrected chi connectivity index (χ1v) is 12.5. The first kappa shape index (κ1) is 19.0. The molecule has 1 aliphatic rings. The van der Waals surface area contributed by atoms with Crippen LogP contribution in [0.1, 0.15) is 0 Å². The number of aliphatic hydroxyl groups is 10. The van der Waals surface area contributed by atoms with Gasteiger partial charge in [-0.3, -0.25) is 0 Å². The Bertz CT molecular complexity index is 97.6. The van der Waals surface area contributed by atoms with Crippen molar-refractivity contribution in [3.63, 3.8) is 0 Å². The Morgan fingerprint density at radius 2 is 0.556 bits per heavy atom. The van der Waals surface area contributed by atoms with Crippen LogP contribution in [0.15, 0.2) is 0 Å². The van der Waals surface area contributed by atoms with Crippen LogP contribution in [-0.4, -0.2) is 105 Å². The molecule has 0 aromatic heterocycles. The minimum atomic E-state index is -0.743. The number of hydrogen-bond donors (Lipinski definition) is 0. The molecular weight excluding hydrogens is 341 g/mol. The molecule has 0 amide bonds. The topological polar surface area (TPSA) is 64.0 Å². The number of rotatable bonds is 0. The average molecular weight is 366 g/mol. The zero-order valence-corrected chi connectivity index (χ0v) is 14.6. The molecule has 0 aliphatic carbocycles. The van der Waals surface area contributed by atoms with Gasteiger partial charge in [0.05, 0.1) is 0 Å². The van der Waals surface area contributed by atoms with Crippen molar-refractivity contribution < 1.29 is 23.7 Å². The van der Waals surface area contributed by atoms with Gasteiger partial charge in [0.25, 0.3) is 0 Å². The third-order valence-corrected chi connectivity index (χ3v) is 2.08. The van der Waals surface area contributed by atoms with Gasteiger partial charge in [0.2, 0.25) is 66.1 Å². The van der Waals surface area contributed by atoms with E-state index in [1.165, 1.54) is 0 Å². The molecule has 1 radical (unpaired) electrons. The van der Waals surface area contributed by atoms with Gasteiger partial charge in [-0.1, -0.05) is 0 Å². The zero-order valence-electron chi connectivity index (χ0n) is 10.6. The Hall–Kier alpha value is 1.02. The molecular formula is C10H25Cl2GaO5+5. The van der Waals surface area contributed by atoms with E-state index in [-0.39, 0.29) is 0 Å². The number of halogens is 2. The Labute approximate surface area is 124 Å². The third kappa shape index (κ3) is 17.0. The second-order valence-electron chi connectivity index (χ2n) is 3.44. The molecule has 8 heteroatoms. The van der Waals surface area contributed by atoms with Crippen LogP contribution in [0.5, 0.6) is 0 Å². The van der Waals surface area contributed by atoms with E-state index in [1.54, 1.807) is 0 Å². The van der Waals surface area contributed by atoms with Gasteiger partial charge in [-0.15, -0.1) is 0 Å². The van der Waals surface area contributed by atoms with E-state index in [2.05, 4.69) is 23.7 Å². The van der Waals surface area contributed by atoms with Crippen molar-refractivity contribution in [3.8, 4) is 0 Å². The molecule has 5 nitrogen and oxygen atoms in total. The molecule has 0 atom stereocenters. The first-order chi connectivity index (χ1) is 8.91. The second-order valence-corrected chi connectivity index (χ2v) is 7.21. The van der Waals surface area contributed by atoms with Crippen molar-refractivity contribution in [2.75, 3.05) is 66.1 Å². The van der Waals surface area contributed by atoms with Crippen molar-refractivity contribution in [1.29, 1.82) is 0 Å². The van der Waals surface area contributed by atoms with Crippen molar-refractivity contribution in [1.82, 2.24) is 0 Å². The van der Waals surface area contributed by atoms with Crippen LogP contribution in [0.25, 0.3) is 0 Å². The van der Waals surface area contributed by atoms with Crippen LogP contribution in [-0.2, 0) is 0 Å². The van der Waals surface area contributed by atoms with E-state index in [1.807, 2.05) is 0 Å². The molecule has 0 spiro atoms. The van der Waals surface area contributed by atoms with E-state index < -0.39 is 15.4 Å². The maximum atomic E-state index is 4.92. The van der Waals surface area contributed by atoms with E-state index >= 15 is 0 Å². The second kappa shape index (κ2) is 18.0. The van der Waals surface area contributed by atoms with Crippen LogP contribution < -0.4 is 0 Å². The van der Waals surface area contributed by atoms with E-state index in [4.69, 9.17) is 19.3 Å². The zero-order chi connectivity index (χ0) is 13.3. The summed E-state index contributed by atoms with van der Waals surface area (Å²) in [4.78, 5) is 0. The van der Waals surface area contributed by atoms with Crippen LogP contribution in [0, 0.1) is 0 Å². The monoisotopic (exact) mass is 364 g/mol. The molecule has 0 saturated carbocycles. The summed E-state index contributed by atoms with van der Waals surface area (Å²) < 4.78 is 21.7. The van der Waals surface area contributed by atoms with Crippen molar-refractivity contribution >= 4 is 34.7 Å². The van der Waals surface area contributed by atoms with Crippen molar-refractivity contribution in [2.45, 2.75) is 0 Å². The van der Waals surface area contributed by atoms with Gasteiger partial charge in [0.1, 0.15) is 0 Å². The van der Waals surface area contributed by atoms with Crippen molar-refractivity contribution in [3.05, 3.63) is 0 Å². The summed E-state index contributed by atoms with van der Waals surface area (Å²) in [5.74, 6) is 0. The third-order valence-electron chi connectivity index (χ3n) is 2.08. The fourth-order valence-electron chi connectivity index (χ4n) is 1.27. The van der Waals surface area contributed by atoms with Gasteiger partial charge in [-0.2, -0.15) is 0 Å². The molecule has 1 heterocycles. The van der Waals surface area contributed by atoms with Gasteiger partial charge in [-0.25, -0.2) is 0 Å². The summed E-state index contributed by atoms with van der Waals surface area (Å²) >= 11 is -0.743. The predicted octanol–water partition coefficient (Wildman–Crippen LogP) is -1.36. The summed E-state index contributed by atoms with van der Waals surface area (Å²) in [7, 11) is 9.84. The minimum absolute atomic E-state index is 0.743. The number of hydrogen-bond acceptors (Lipinski definition) is 0. The summed E-state index contributed by atoms with van der Waals surface area (Å²) in [6.07, 6.45) is 0. The molecule has 18 heavy (non-hydrogen) atoms. The molecule has 0 unspecified atom stereocenters. The van der Waals surface area contributed by atoms with E-state index in [0.29, 0.717) is 0 Å². The average Bonchev–Trinajstić information content (AvgIpc) is 2.38. The van der Waals surface area contributed by atoms with Crippen LogP contribution in [0.4, 0.5) is 0 Å². The number of ether oxygens (including phenoxy) is 5. The molecule has 5 N–H and O–H groups in total. The van der Waals surface area contributed by atoms with Crippen LogP contribution in [0.2, 0.25) is 0 Å². The Morgan fingerprint density at radius 3 is 0.667 bits per heavy atom. The molecule has 0 bridgehead atoms. The molecule has 1 fully saturated rings. The maximum absolute atomic E-state index is 4.92. The quantitative estimate of drug-likeness (QED) is 0.376. The van der Waals surface area contributed by atoms with Gasteiger partial charge >= 0.3 is 34.7 Å². The molecule has 0 aromatic carbocycles. The molecule has 1 saturated heterocycles.